The predicted octanol–water partition coefficient (Wildman–Crippen LogP) is 1.40. The molecule has 3 rings (SSSR count). The summed E-state index contributed by atoms with van der Waals surface area (Å²) in [6, 6.07) is 3.28. The number of ether oxygens (including phenoxy) is 2. The summed E-state index contributed by atoms with van der Waals surface area (Å²) in [6.07, 6.45) is 0.500. The zero-order valence-electron chi connectivity index (χ0n) is 13.3. The molecule has 9 nitrogen and oxygen atoms in total. The van der Waals surface area contributed by atoms with Crippen molar-refractivity contribution < 1.29 is 24.5 Å². The van der Waals surface area contributed by atoms with E-state index in [2.05, 4.69) is 9.97 Å². The molecule has 1 aliphatic heterocycles. The molecule has 0 saturated carbocycles. The molecule has 2 heterocycles. The molecule has 0 bridgehead atoms. The van der Waals surface area contributed by atoms with Crippen LogP contribution in [-0.2, 0) is 9.53 Å². The van der Waals surface area contributed by atoms with Gasteiger partial charge in [0.25, 0.3) is 0 Å². The summed E-state index contributed by atoms with van der Waals surface area (Å²) >= 11 is 0. The van der Waals surface area contributed by atoms with Crippen LogP contribution in [-0.4, -0.2) is 32.0 Å². The summed E-state index contributed by atoms with van der Waals surface area (Å²) in [5.41, 5.74) is 7.41. The van der Waals surface area contributed by atoms with E-state index in [-0.39, 0.29) is 23.8 Å². The number of fused-ring (bicyclic) bond motifs is 1. The fraction of sp³-hybridized carbons (Fsp3) is 0.250. The highest BCUT2D eigenvalue weighted by Crippen LogP contribution is 2.43. The molecule has 1 aromatic carbocycles. The van der Waals surface area contributed by atoms with E-state index in [0.29, 0.717) is 16.9 Å². The van der Waals surface area contributed by atoms with Crippen LogP contribution in [0.1, 0.15) is 41.2 Å². The lowest BCUT2D eigenvalue weighted by atomic mass is 9.97. The quantitative estimate of drug-likeness (QED) is 0.469. The minimum Gasteiger partial charge on any atom is -0.481 e. The molecular formula is C16H16N4O5. The van der Waals surface area contributed by atoms with Crippen LogP contribution in [0, 0.1) is 12.3 Å². The molecule has 5 N–H and O–H groups in total. The number of aliphatic hydroxyl groups is 1. The van der Waals surface area contributed by atoms with Gasteiger partial charge in [-0.15, -0.1) is 0 Å². The number of nitrogens with zero attached hydrogens (tertiary/aromatic N) is 2. The lowest BCUT2D eigenvalue weighted by molar-refractivity contribution is -0.150. The van der Waals surface area contributed by atoms with Crippen LogP contribution in [0.5, 0.6) is 11.6 Å². The van der Waals surface area contributed by atoms with Crippen LogP contribution in [0.4, 0.5) is 0 Å². The van der Waals surface area contributed by atoms with Gasteiger partial charge in [0.2, 0.25) is 5.88 Å². The first-order valence-corrected chi connectivity index (χ1v) is 7.39. The Bertz CT molecular complexity index is 837. The van der Waals surface area contributed by atoms with Crippen molar-refractivity contribution in [3.8, 4) is 11.6 Å². The van der Waals surface area contributed by atoms with E-state index in [4.69, 9.17) is 25.7 Å². The fourth-order valence-electron chi connectivity index (χ4n) is 2.73. The Balaban J connectivity index is 1.87. The Morgan fingerprint density at radius 3 is 2.76 bits per heavy atom. The number of nitrogens with two attached hydrogens (primary N) is 1. The first kappa shape index (κ1) is 16.8. The Hall–Kier alpha value is -3.04. The topological polar surface area (TPSA) is 152 Å². The van der Waals surface area contributed by atoms with E-state index in [9.17, 15) is 9.90 Å². The lowest BCUT2D eigenvalue weighted by Crippen LogP contribution is -2.13. The highest BCUT2D eigenvalue weighted by Gasteiger charge is 2.34. The molecule has 1 aromatic heterocycles. The van der Waals surface area contributed by atoms with Gasteiger partial charge in [-0.25, -0.2) is 9.97 Å². The van der Waals surface area contributed by atoms with Gasteiger partial charge in [-0.2, -0.15) is 0 Å². The minimum absolute atomic E-state index is 0.194. The number of aliphatic carboxylic acids is 1. The number of amidine groups is 1. The molecule has 0 amide bonds. The molecule has 1 aliphatic rings. The van der Waals surface area contributed by atoms with Crippen LogP contribution in [0.2, 0.25) is 0 Å². The maximum absolute atomic E-state index is 10.9. The van der Waals surface area contributed by atoms with E-state index in [0.717, 1.165) is 5.56 Å². The van der Waals surface area contributed by atoms with Crippen LogP contribution in [0.25, 0.3) is 0 Å². The number of hydrogen-bond acceptors (Lipinski definition) is 7. The molecule has 0 fully saturated rings. The number of aliphatic hydroxyl groups excluding tert-OH is 1. The lowest BCUT2D eigenvalue weighted by Gasteiger charge is -2.12. The van der Waals surface area contributed by atoms with E-state index in [1.165, 1.54) is 12.4 Å². The third-order valence-electron chi connectivity index (χ3n) is 3.76. The number of carboxylic acids is 1. The summed E-state index contributed by atoms with van der Waals surface area (Å²) < 4.78 is 10.9. The van der Waals surface area contributed by atoms with Gasteiger partial charge in [0.15, 0.2) is 6.29 Å². The highest BCUT2D eigenvalue weighted by molar-refractivity contribution is 5.92. The monoisotopic (exact) mass is 344 g/mol. The van der Waals surface area contributed by atoms with Gasteiger partial charge in [0.05, 0.1) is 24.9 Å². The van der Waals surface area contributed by atoms with Crippen LogP contribution >= 0.6 is 0 Å². The number of aryl methyl sites for hydroxylation is 1. The van der Waals surface area contributed by atoms with Crippen molar-refractivity contribution >= 4 is 11.8 Å². The molecule has 2 atom stereocenters. The summed E-state index contributed by atoms with van der Waals surface area (Å²) in [5, 5.41) is 26.3. The van der Waals surface area contributed by atoms with Gasteiger partial charge in [-0.1, -0.05) is 0 Å². The molecule has 9 heteroatoms. The normalized spacial score (nSPS) is 18.6. The van der Waals surface area contributed by atoms with Crippen molar-refractivity contribution in [3.05, 3.63) is 46.9 Å². The van der Waals surface area contributed by atoms with Crippen LogP contribution in [0.3, 0.4) is 0 Å². The smallest absolute Gasteiger partial charge is 0.306 e. The minimum atomic E-state index is -1.22. The van der Waals surface area contributed by atoms with Crippen molar-refractivity contribution in [2.45, 2.75) is 25.7 Å². The molecule has 2 aromatic rings. The largest absolute Gasteiger partial charge is 0.481 e. The predicted molar refractivity (Wildman–Crippen MR) is 85.3 cm³/mol. The number of hydrogen-bond donors (Lipinski definition) is 4. The summed E-state index contributed by atoms with van der Waals surface area (Å²) in [6.45, 7) is 1.78. The van der Waals surface area contributed by atoms with Crippen molar-refractivity contribution in [1.82, 2.24) is 9.97 Å². The van der Waals surface area contributed by atoms with E-state index in [1.807, 2.05) is 0 Å². The average Bonchev–Trinajstić information content (AvgIpc) is 2.83. The Kier molecular flexibility index (Phi) is 4.34. The maximum Gasteiger partial charge on any atom is 0.306 e. The third kappa shape index (κ3) is 3.42. The second-order valence-electron chi connectivity index (χ2n) is 5.57. The number of nitrogens with one attached hydrogen (secondary N) is 1. The highest BCUT2D eigenvalue weighted by atomic mass is 16.6. The zero-order valence-corrected chi connectivity index (χ0v) is 13.3. The number of rotatable bonds is 5. The fourth-order valence-corrected chi connectivity index (χ4v) is 2.73. The molecule has 2 unspecified atom stereocenters. The Morgan fingerprint density at radius 2 is 2.16 bits per heavy atom. The van der Waals surface area contributed by atoms with Crippen molar-refractivity contribution in [3.63, 3.8) is 0 Å². The summed E-state index contributed by atoms with van der Waals surface area (Å²) in [5.74, 6) is -0.609. The average molecular weight is 344 g/mol. The van der Waals surface area contributed by atoms with Gasteiger partial charge in [0, 0.05) is 5.56 Å². The molecule has 0 radical (unpaired) electrons. The number of carboxylic acid groups (broad SMARTS) is 1. The van der Waals surface area contributed by atoms with Crippen LogP contribution in [0.15, 0.2) is 24.5 Å². The second kappa shape index (κ2) is 6.46. The molecule has 130 valence electrons. The first-order chi connectivity index (χ1) is 11.8. The summed E-state index contributed by atoms with van der Waals surface area (Å²) in [4.78, 5) is 18.9. The summed E-state index contributed by atoms with van der Waals surface area (Å²) in [7, 11) is 0. The molecule has 0 aliphatic carbocycles. The van der Waals surface area contributed by atoms with Gasteiger partial charge in [0.1, 0.15) is 17.3 Å². The first-order valence-electron chi connectivity index (χ1n) is 7.39. The second-order valence-corrected chi connectivity index (χ2v) is 5.57. The molecule has 0 saturated heterocycles. The van der Waals surface area contributed by atoms with Crippen molar-refractivity contribution in [1.29, 1.82) is 5.41 Å². The van der Waals surface area contributed by atoms with Gasteiger partial charge in [-0.05, 0) is 30.2 Å². The standard InChI is InChI=1S/C16H16N4O5/c1-7-2-8(24-12-6-19-10(5-20-12)15(17)18)3-9-14(7)11(4-13(21)22)25-16(9)23/h2-3,5-6,11,16,23H,4H2,1H3,(H3,17,18)(H,21,22). The Morgan fingerprint density at radius 1 is 1.40 bits per heavy atom. The number of carbonyl (C=O) groups is 1. The molecule has 0 spiro atoms. The van der Waals surface area contributed by atoms with E-state index < -0.39 is 18.4 Å². The SMILES string of the molecule is Cc1cc(Oc2cnc(C(=N)N)cn2)cc2c1C(CC(=O)O)OC2O. The molecular weight excluding hydrogens is 328 g/mol. The third-order valence-corrected chi connectivity index (χ3v) is 3.76. The Labute approximate surface area is 142 Å². The van der Waals surface area contributed by atoms with Gasteiger partial charge in [-0.3, -0.25) is 10.2 Å². The number of aromatic nitrogens is 2. The van der Waals surface area contributed by atoms with Crippen molar-refractivity contribution in [2.24, 2.45) is 5.73 Å². The number of benzene rings is 1. The van der Waals surface area contributed by atoms with E-state index >= 15 is 0 Å². The van der Waals surface area contributed by atoms with Crippen molar-refractivity contribution in [2.75, 3.05) is 0 Å². The van der Waals surface area contributed by atoms with Gasteiger partial charge >= 0.3 is 5.97 Å². The zero-order chi connectivity index (χ0) is 18.1. The van der Waals surface area contributed by atoms with Crippen LogP contribution < -0.4 is 10.5 Å². The number of nitrogen functional groups attached to an aromatic ring is 1. The van der Waals surface area contributed by atoms with Gasteiger partial charge < -0.3 is 25.4 Å². The molecule has 25 heavy (non-hydrogen) atoms. The maximum atomic E-state index is 10.9. The van der Waals surface area contributed by atoms with E-state index in [1.54, 1.807) is 19.1 Å².